The van der Waals surface area contributed by atoms with Crippen LogP contribution in [-0.4, -0.2) is 35.3 Å². The van der Waals surface area contributed by atoms with Crippen molar-refractivity contribution in [3.05, 3.63) is 59.7 Å². The van der Waals surface area contributed by atoms with Gasteiger partial charge in [-0.05, 0) is 55.2 Å². The predicted molar refractivity (Wildman–Crippen MR) is 116 cm³/mol. The summed E-state index contributed by atoms with van der Waals surface area (Å²) in [6, 6.07) is 12.9. The first-order chi connectivity index (χ1) is 14.4. The topological polar surface area (TPSA) is 75.7 Å². The fourth-order valence-corrected chi connectivity index (χ4v) is 3.46. The average Bonchev–Trinajstić information content (AvgIpc) is 2.98. The lowest BCUT2D eigenvalue weighted by atomic mass is 10.0. The first-order valence-corrected chi connectivity index (χ1v) is 10.4. The molecule has 1 aliphatic rings. The molecule has 0 bridgehead atoms. The zero-order valence-corrected chi connectivity index (χ0v) is 17.7. The summed E-state index contributed by atoms with van der Waals surface area (Å²) in [7, 11) is 0. The van der Waals surface area contributed by atoms with Gasteiger partial charge < -0.3 is 10.1 Å². The summed E-state index contributed by atoms with van der Waals surface area (Å²) in [5.41, 5.74) is 1.28. The van der Waals surface area contributed by atoms with E-state index in [2.05, 4.69) is 12.2 Å². The Kier molecular flexibility index (Phi) is 6.87. The maximum Gasteiger partial charge on any atom is 0.262 e. The molecule has 1 N–H and O–H groups in total. The summed E-state index contributed by atoms with van der Waals surface area (Å²) in [6.45, 7) is 6.67. The van der Waals surface area contributed by atoms with Crippen LogP contribution in [0.5, 0.6) is 5.75 Å². The van der Waals surface area contributed by atoms with Crippen LogP contribution in [-0.2, 0) is 4.79 Å². The summed E-state index contributed by atoms with van der Waals surface area (Å²) in [5, 5.41) is 2.85. The van der Waals surface area contributed by atoms with E-state index in [1.807, 2.05) is 13.8 Å². The Morgan fingerprint density at radius 2 is 1.60 bits per heavy atom. The van der Waals surface area contributed by atoms with Crippen LogP contribution in [0, 0.1) is 5.92 Å². The molecule has 3 rings (SSSR count). The lowest BCUT2D eigenvalue weighted by molar-refractivity contribution is -0.120. The molecular weight excluding hydrogens is 380 g/mol. The van der Waals surface area contributed by atoms with Crippen LogP contribution in [0.1, 0.15) is 60.7 Å². The van der Waals surface area contributed by atoms with Crippen LogP contribution in [0.25, 0.3) is 0 Å². The number of benzene rings is 2. The average molecular weight is 408 g/mol. The number of anilines is 1. The molecule has 1 aliphatic heterocycles. The maximum absolute atomic E-state index is 13.1. The Hall–Kier alpha value is -3.15. The number of imide groups is 1. The second kappa shape index (κ2) is 9.57. The van der Waals surface area contributed by atoms with Gasteiger partial charge in [0.2, 0.25) is 5.91 Å². The summed E-state index contributed by atoms with van der Waals surface area (Å²) in [4.78, 5) is 39.9. The Bertz CT molecular complexity index is 886. The van der Waals surface area contributed by atoms with Crippen LogP contribution in [0.4, 0.5) is 5.69 Å². The Balaban J connectivity index is 1.75. The second-order valence-corrected chi connectivity index (χ2v) is 7.89. The van der Waals surface area contributed by atoms with Crippen LogP contribution in [0.3, 0.4) is 0 Å². The van der Waals surface area contributed by atoms with E-state index < -0.39 is 17.9 Å². The van der Waals surface area contributed by atoms with E-state index in [-0.39, 0.29) is 11.8 Å². The van der Waals surface area contributed by atoms with Gasteiger partial charge in [-0.1, -0.05) is 39.3 Å². The van der Waals surface area contributed by atoms with E-state index in [1.165, 1.54) is 0 Å². The highest BCUT2D eigenvalue weighted by atomic mass is 16.5. The number of unbranched alkanes of at least 4 members (excludes halogenated alkanes) is 1. The lowest BCUT2D eigenvalue weighted by Gasteiger charge is -2.26. The van der Waals surface area contributed by atoms with Gasteiger partial charge in [-0.3, -0.25) is 19.3 Å². The van der Waals surface area contributed by atoms with Crippen LogP contribution < -0.4 is 10.1 Å². The largest absolute Gasteiger partial charge is 0.494 e. The van der Waals surface area contributed by atoms with Crippen molar-refractivity contribution in [3.8, 4) is 5.75 Å². The minimum Gasteiger partial charge on any atom is -0.494 e. The number of carbonyl (C=O) groups is 3. The molecule has 158 valence electrons. The summed E-state index contributed by atoms with van der Waals surface area (Å²) in [5.74, 6) is -0.357. The normalized spacial score (nSPS) is 14.1. The quantitative estimate of drug-likeness (QED) is 0.489. The van der Waals surface area contributed by atoms with Gasteiger partial charge in [0.05, 0.1) is 17.7 Å². The molecule has 0 aromatic heterocycles. The van der Waals surface area contributed by atoms with Gasteiger partial charge in [0.15, 0.2) is 0 Å². The van der Waals surface area contributed by atoms with E-state index in [4.69, 9.17) is 4.74 Å². The SMILES string of the molecule is CCCCOc1ccc(NC(=O)C(CC(C)C)N2C(=O)c3ccccc3C2=O)cc1. The molecule has 0 radical (unpaired) electrons. The first kappa shape index (κ1) is 21.6. The van der Waals surface area contributed by atoms with Crippen molar-refractivity contribution in [2.24, 2.45) is 5.92 Å². The van der Waals surface area contributed by atoms with Crippen molar-refractivity contribution >= 4 is 23.4 Å². The van der Waals surface area contributed by atoms with Crippen molar-refractivity contribution < 1.29 is 19.1 Å². The highest BCUT2D eigenvalue weighted by molar-refractivity contribution is 6.23. The minimum atomic E-state index is -0.877. The third-order valence-corrected chi connectivity index (χ3v) is 5.02. The smallest absolute Gasteiger partial charge is 0.262 e. The minimum absolute atomic E-state index is 0.124. The molecule has 2 aromatic carbocycles. The zero-order chi connectivity index (χ0) is 21.7. The van der Waals surface area contributed by atoms with Gasteiger partial charge in [-0.25, -0.2) is 0 Å². The Labute approximate surface area is 177 Å². The lowest BCUT2D eigenvalue weighted by Crippen LogP contribution is -2.47. The van der Waals surface area contributed by atoms with Crippen molar-refractivity contribution in [2.45, 2.75) is 46.1 Å². The van der Waals surface area contributed by atoms with E-state index in [1.54, 1.807) is 48.5 Å². The van der Waals surface area contributed by atoms with Crippen molar-refractivity contribution in [3.63, 3.8) is 0 Å². The van der Waals surface area contributed by atoms with E-state index in [9.17, 15) is 14.4 Å². The number of rotatable bonds is 9. The number of nitrogens with zero attached hydrogens (tertiary/aromatic N) is 1. The zero-order valence-electron chi connectivity index (χ0n) is 17.7. The molecule has 1 unspecified atom stereocenters. The second-order valence-electron chi connectivity index (χ2n) is 7.89. The third kappa shape index (κ3) is 4.70. The van der Waals surface area contributed by atoms with Crippen molar-refractivity contribution in [1.29, 1.82) is 0 Å². The summed E-state index contributed by atoms with van der Waals surface area (Å²) in [6.07, 6.45) is 2.42. The fraction of sp³-hybridized carbons (Fsp3) is 0.375. The molecule has 6 nitrogen and oxygen atoms in total. The number of fused-ring (bicyclic) bond motifs is 1. The molecule has 1 heterocycles. The van der Waals surface area contributed by atoms with Gasteiger partial charge in [0.25, 0.3) is 11.8 Å². The Morgan fingerprint density at radius 3 is 2.13 bits per heavy atom. The van der Waals surface area contributed by atoms with Crippen LogP contribution in [0.15, 0.2) is 48.5 Å². The predicted octanol–water partition coefficient (Wildman–Crippen LogP) is 4.51. The molecule has 0 fully saturated rings. The number of hydrogen-bond donors (Lipinski definition) is 1. The fourth-order valence-electron chi connectivity index (χ4n) is 3.46. The van der Waals surface area contributed by atoms with E-state index in [0.717, 1.165) is 23.5 Å². The van der Waals surface area contributed by atoms with Crippen LogP contribution in [0.2, 0.25) is 0 Å². The molecular formula is C24H28N2O4. The van der Waals surface area contributed by atoms with Gasteiger partial charge in [-0.2, -0.15) is 0 Å². The molecule has 0 aliphatic carbocycles. The van der Waals surface area contributed by atoms with Crippen molar-refractivity contribution in [1.82, 2.24) is 4.90 Å². The standard InChI is InChI=1S/C24H28N2O4/c1-4-5-14-30-18-12-10-17(11-13-18)25-22(27)21(15-16(2)3)26-23(28)19-8-6-7-9-20(19)24(26)29/h6-13,16,21H,4-5,14-15H2,1-3H3,(H,25,27). The number of amides is 3. The van der Waals surface area contributed by atoms with Gasteiger partial charge in [0.1, 0.15) is 11.8 Å². The number of ether oxygens (including phenoxy) is 1. The van der Waals surface area contributed by atoms with E-state index >= 15 is 0 Å². The number of nitrogens with one attached hydrogen (secondary N) is 1. The Morgan fingerprint density at radius 1 is 1.00 bits per heavy atom. The van der Waals surface area contributed by atoms with Gasteiger partial charge in [-0.15, -0.1) is 0 Å². The molecule has 0 saturated carbocycles. The maximum atomic E-state index is 13.1. The molecule has 6 heteroatoms. The summed E-state index contributed by atoms with van der Waals surface area (Å²) >= 11 is 0. The van der Waals surface area contributed by atoms with Crippen LogP contribution >= 0.6 is 0 Å². The molecule has 3 amide bonds. The molecule has 1 atom stereocenters. The molecule has 30 heavy (non-hydrogen) atoms. The van der Waals surface area contributed by atoms with Crippen molar-refractivity contribution in [2.75, 3.05) is 11.9 Å². The van der Waals surface area contributed by atoms with Gasteiger partial charge in [0, 0.05) is 5.69 Å². The summed E-state index contributed by atoms with van der Waals surface area (Å²) < 4.78 is 5.64. The molecule has 2 aromatic rings. The number of hydrogen-bond acceptors (Lipinski definition) is 4. The van der Waals surface area contributed by atoms with E-state index in [0.29, 0.717) is 29.8 Å². The van der Waals surface area contributed by atoms with Gasteiger partial charge >= 0.3 is 0 Å². The monoisotopic (exact) mass is 408 g/mol. The molecule has 0 saturated heterocycles. The third-order valence-electron chi connectivity index (χ3n) is 5.02. The highest BCUT2D eigenvalue weighted by Gasteiger charge is 2.42. The first-order valence-electron chi connectivity index (χ1n) is 10.4. The number of carbonyl (C=O) groups excluding carboxylic acids is 3. The molecule has 0 spiro atoms. The highest BCUT2D eigenvalue weighted by Crippen LogP contribution is 2.28.